The van der Waals surface area contributed by atoms with Crippen molar-refractivity contribution in [3.05, 3.63) is 33.9 Å². The Labute approximate surface area is 97.8 Å². The third-order valence-corrected chi connectivity index (χ3v) is 2.01. The van der Waals surface area contributed by atoms with Crippen molar-refractivity contribution in [2.45, 2.75) is 0 Å². The van der Waals surface area contributed by atoms with Crippen molar-refractivity contribution in [2.75, 3.05) is 14.2 Å². The van der Waals surface area contributed by atoms with Crippen LogP contribution in [0.5, 0.6) is 5.75 Å². The fraction of sp³-hybridized carbons (Fsp3) is 0.200. The number of nitro benzene ring substituents is 1. The Morgan fingerprint density at radius 2 is 2.35 bits per heavy atom. The number of hydrogen-bond acceptors (Lipinski definition) is 6. The second-order valence-electron chi connectivity index (χ2n) is 3.01. The van der Waals surface area contributed by atoms with E-state index >= 15 is 0 Å². The number of hydrazone groups is 1. The predicted octanol–water partition coefficient (Wildman–Crippen LogP) is 1.18. The fourth-order valence-corrected chi connectivity index (χ4v) is 1.29. The van der Waals surface area contributed by atoms with Gasteiger partial charge in [0.1, 0.15) is 0 Å². The number of hydrogen-bond donors (Lipinski definition) is 2. The molecule has 7 nitrogen and oxygen atoms in total. The summed E-state index contributed by atoms with van der Waals surface area (Å²) in [5.41, 5.74) is 2.67. The second kappa shape index (κ2) is 5.59. The van der Waals surface area contributed by atoms with E-state index in [4.69, 9.17) is 10.1 Å². The highest BCUT2D eigenvalue weighted by Gasteiger charge is 2.19. The van der Waals surface area contributed by atoms with Gasteiger partial charge in [-0.2, -0.15) is 5.10 Å². The lowest BCUT2D eigenvalue weighted by Crippen LogP contribution is -2.07. The number of rotatable bonds is 5. The van der Waals surface area contributed by atoms with Crippen LogP contribution in [-0.2, 0) is 0 Å². The second-order valence-corrected chi connectivity index (χ2v) is 3.01. The summed E-state index contributed by atoms with van der Waals surface area (Å²) in [6, 6.07) is 4.39. The largest absolute Gasteiger partial charge is 0.490 e. The minimum atomic E-state index is -0.551. The Kier molecular flexibility index (Phi) is 4.15. The van der Waals surface area contributed by atoms with Gasteiger partial charge in [0, 0.05) is 13.1 Å². The first-order valence-corrected chi connectivity index (χ1v) is 4.72. The lowest BCUT2D eigenvalue weighted by Gasteiger charge is -2.07. The zero-order valence-electron chi connectivity index (χ0n) is 9.43. The molecule has 0 amide bonds. The van der Waals surface area contributed by atoms with Gasteiger partial charge in [-0.1, -0.05) is 6.07 Å². The molecule has 0 aliphatic carbocycles. The molecule has 0 aliphatic rings. The Morgan fingerprint density at radius 3 is 2.88 bits per heavy atom. The van der Waals surface area contributed by atoms with Gasteiger partial charge >= 0.3 is 5.69 Å². The van der Waals surface area contributed by atoms with E-state index in [-0.39, 0.29) is 17.1 Å². The number of benzene rings is 1. The van der Waals surface area contributed by atoms with Crippen molar-refractivity contribution < 1.29 is 9.66 Å². The van der Waals surface area contributed by atoms with Crippen LogP contribution >= 0.6 is 0 Å². The standard InChI is InChI=1S/C10H12N4O3/c1-12-13-6-8(11)7-4-3-5-9(14(15)16)10(7)17-2/h3-6,11-12H,1-2H3/b11-8?,13-6-. The molecule has 0 saturated carbocycles. The highest BCUT2D eigenvalue weighted by Crippen LogP contribution is 2.30. The quantitative estimate of drug-likeness (QED) is 0.455. The van der Waals surface area contributed by atoms with Crippen molar-refractivity contribution in [3.8, 4) is 5.75 Å². The first kappa shape index (κ1) is 12.6. The van der Waals surface area contributed by atoms with E-state index < -0.39 is 4.92 Å². The summed E-state index contributed by atoms with van der Waals surface area (Å²) >= 11 is 0. The summed E-state index contributed by atoms with van der Waals surface area (Å²) in [6.07, 6.45) is 1.25. The van der Waals surface area contributed by atoms with Gasteiger partial charge in [-0.3, -0.25) is 15.5 Å². The lowest BCUT2D eigenvalue weighted by atomic mass is 10.1. The molecule has 0 aromatic heterocycles. The van der Waals surface area contributed by atoms with E-state index in [0.29, 0.717) is 5.56 Å². The van der Waals surface area contributed by atoms with E-state index in [1.165, 1.54) is 25.5 Å². The number of nitrogens with one attached hydrogen (secondary N) is 2. The number of methoxy groups -OCH3 is 1. The Hall–Kier alpha value is -2.44. The van der Waals surface area contributed by atoms with Crippen LogP contribution in [0.2, 0.25) is 0 Å². The van der Waals surface area contributed by atoms with Crippen LogP contribution in [-0.4, -0.2) is 31.0 Å². The molecule has 90 valence electrons. The van der Waals surface area contributed by atoms with Crippen molar-refractivity contribution >= 4 is 17.6 Å². The average molecular weight is 236 g/mol. The molecule has 0 fully saturated rings. The fourth-order valence-electron chi connectivity index (χ4n) is 1.29. The summed E-state index contributed by atoms with van der Waals surface area (Å²) < 4.78 is 4.97. The molecule has 0 bridgehead atoms. The van der Waals surface area contributed by atoms with Crippen LogP contribution in [0.25, 0.3) is 0 Å². The molecule has 1 rings (SSSR count). The Bertz CT molecular complexity index is 471. The molecule has 7 heteroatoms. The van der Waals surface area contributed by atoms with Crippen LogP contribution in [0.15, 0.2) is 23.3 Å². The molecule has 0 saturated heterocycles. The van der Waals surface area contributed by atoms with E-state index in [1.807, 2.05) is 0 Å². The third kappa shape index (κ3) is 2.77. The summed E-state index contributed by atoms with van der Waals surface area (Å²) in [5, 5.41) is 22.2. The Balaban J connectivity index is 3.24. The maximum atomic E-state index is 10.8. The van der Waals surface area contributed by atoms with E-state index in [0.717, 1.165) is 0 Å². The van der Waals surface area contributed by atoms with Crippen molar-refractivity contribution in [3.63, 3.8) is 0 Å². The van der Waals surface area contributed by atoms with Crippen molar-refractivity contribution in [1.82, 2.24) is 5.43 Å². The topological polar surface area (TPSA) is 101 Å². The molecular weight excluding hydrogens is 224 g/mol. The van der Waals surface area contributed by atoms with E-state index in [1.54, 1.807) is 13.1 Å². The van der Waals surface area contributed by atoms with Gasteiger partial charge in [-0.25, -0.2) is 0 Å². The van der Waals surface area contributed by atoms with Gasteiger partial charge in [0.2, 0.25) is 5.75 Å². The van der Waals surface area contributed by atoms with Crippen LogP contribution in [0.1, 0.15) is 5.56 Å². The summed E-state index contributed by atoms with van der Waals surface area (Å²) in [4.78, 5) is 10.2. The van der Waals surface area contributed by atoms with Crippen LogP contribution in [0, 0.1) is 15.5 Å². The summed E-state index contributed by atoms with van der Waals surface area (Å²) in [7, 11) is 2.92. The zero-order chi connectivity index (χ0) is 12.8. The molecule has 0 radical (unpaired) electrons. The molecule has 0 heterocycles. The predicted molar refractivity (Wildman–Crippen MR) is 64.0 cm³/mol. The van der Waals surface area contributed by atoms with Gasteiger partial charge in [-0.15, -0.1) is 0 Å². The van der Waals surface area contributed by atoms with Gasteiger partial charge < -0.3 is 10.2 Å². The molecular formula is C10H12N4O3. The molecule has 1 aromatic rings. The highest BCUT2D eigenvalue weighted by molar-refractivity contribution is 6.37. The maximum absolute atomic E-state index is 10.8. The van der Waals surface area contributed by atoms with Crippen molar-refractivity contribution in [2.24, 2.45) is 5.10 Å². The van der Waals surface area contributed by atoms with Gasteiger partial charge in [0.25, 0.3) is 0 Å². The van der Waals surface area contributed by atoms with Crippen LogP contribution in [0.4, 0.5) is 5.69 Å². The van der Waals surface area contributed by atoms with Crippen molar-refractivity contribution in [1.29, 1.82) is 5.41 Å². The van der Waals surface area contributed by atoms with Gasteiger partial charge in [0.05, 0.1) is 29.5 Å². The number of para-hydroxylation sites is 1. The maximum Gasteiger partial charge on any atom is 0.311 e. The number of nitrogens with zero attached hydrogens (tertiary/aromatic N) is 2. The molecule has 2 N–H and O–H groups in total. The lowest BCUT2D eigenvalue weighted by molar-refractivity contribution is -0.385. The smallest absolute Gasteiger partial charge is 0.311 e. The first-order valence-electron chi connectivity index (χ1n) is 4.72. The molecule has 0 atom stereocenters. The molecule has 17 heavy (non-hydrogen) atoms. The normalized spacial score (nSPS) is 10.2. The highest BCUT2D eigenvalue weighted by atomic mass is 16.6. The monoisotopic (exact) mass is 236 g/mol. The Morgan fingerprint density at radius 1 is 1.65 bits per heavy atom. The average Bonchev–Trinajstić information content (AvgIpc) is 2.34. The molecule has 0 unspecified atom stereocenters. The summed E-state index contributed by atoms with van der Waals surface area (Å²) in [6.45, 7) is 0. The molecule has 0 spiro atoms. The number of nitro groups is 1. The van der Waals surface area contributed by atoms with E-state index in [2.05, 4.69) is 10.5 Å². The zero-order valence-corrected chi connectivity index (χ0v) is 9.43. The van der Waals surface area contributed by atoms with Gasteiger partial charge in [-0.05, 0) is 6.07 Å². The minimum Gasteiger partial charge on any atom is -0.490 e. The van der Waals surface area contributed by atoms with Crippen LogP contribution in [0.3, 0.4) is 0 Å². The third-order valence-electron chi connectivity index (χ3n) is 2.01. The SMILES string of the molecule is CN/N=C\C(=N)c1cccc([N+](=O)[O-])c1OC. The molecule has 1 aromatic carbocycles. The summed E-state index contributed by atoms with van der Waals surface area (Å²) in [5.74, 6) is 0.0602. The first-order chi connectivity index (χ1) is 8.11. The number of ether oxygens (including phenoxy) is 1. The van der Waals surface area contributed by atoms with E-state index in [9.17, 15) is 10.1 Å². The van der Waals surface area contributed by atoms with Gasteiger partial charge in [0.15, 0.2) is 0 Å². The van der Waals surface area contributed by atoms with Crippen LogP contribution < -0.4 is 10.2 Å². The minimum absolute atomic E-state index is 0.0277. The molecule has 0 aliphatic heterocycles.